The zero-order valence-electron chi connectivity index (χ0n) is 16.8. The van der Waals surface area contributed by atoms with Gasteiger partial charge in [-0.15, -0.1) is 0 Å². The lowest BCUT2D eigenvalue weighted by Crippen LogP contribution is -2.21. The molecular weight excluding hydrogens is 424 g/mol. The molecular formula is C22H20O10. The van der Waals surface area contributed by atoms with E-state index in [1.54, 1.807) is 0 Å². The van der Waals surface area contributed by atoms with Crippen LogP contribution >= 0.6 is 0 Å². The van der Waals surface area contributed by atoms with Crippen LogP contribution in [0.25, 0.3) is 0 Å². The Kier molecular flexibility index (Phi) is 6.62. The van der Waals surface area contributed by atoms with E-state index in [1.807, 2.05) is 0 Å². The molecule has 0 atom stereocenters. The largest absolute Gasteiger partial charge is 0.504 e. The average molecular weight is 444 g/mol. The SMILES string of the molecule is O=C(O)CCCOc1cc2c(cc1OCCCC(=O)O)C(=O)c1cc(O)c(O)cc1C2=O. The summed E-state index contributed by atoms with van der Waals surface area (Å²) in [5, 5.41) is 37.0. The third-order valence-corrected chi connectivity index (χ3v) is 4.76. The lowest BCUT2D eigenvalue weighted by atomic mass is 9.83. The Morgan fingerprint density at radius 3 is 1.34 bits per heavy atom. The molecule has 168 valence electrons. The molecule has 1 aliphatic rings. The second-order valence-electron chi connectivity index (χ2n) is 7.08. The van der Waals surface area contributed by atoms with E-state index in [-0.39, 0.29) is 72.6 Å². The molecule has 0 spiro atoms. The Hall–Kier alpha value is -4.08. The van der Waals surface area contributed by atoms with Crippen LogP contribution in [0.4, 0.5) is 0 Å². The highest BCUT2D eigenvalue weighted by molar-refractivity contribution is 6.29. The van der Waals surface area contributed by atoms with Crippen LogP contribution in [-0.4, -0.2) is 57.1 Å². The molecule has 0 aromatic heterocycles. The normalized spacial score (nSPS) is 12.1. The van der Waals surface area contributed by atoms with Crippen molar-refractivity contribution in [2.45, 2.75) is 25.7 Å². The van der Waals surface area contributed by atoms with Crippen molar-refractivity contribution in [3.63, 3.8) is 0 Å². The molecule has 0 unspecified atom stereocenters. The smallest absolute Gasteiger partial charge is 0.303 e. The van der Waals surface area contributed by atoms with Crippen molar-refractivity contribution in [2.75, 3.05) is 13.2 Å². The van der Waals surface area contributed by atoms with Gasteiger partial charge < -0.3 is 29.9 Å². The molecule has 2 aromatic carbocycles. The summed E-state index contributed by atoms with van der Waals surface area (Å²) in [6, 6.07) is 4.63. The summed E-state index contributed by atoms with van der Waals surface area (Å²) >= 11 is 0. The minimum absolute atomic E-state index is 0.00119. The van der Waals surface area contributed by atoms with Crippen molar-refractivity contribution in [1.29, 1.82) is 0 Å². The van der Waals surface area contributed by atoms with Gasteiger partial charge in [-0.05, 0) is 37.1 Å². The van der Waals surface area contributed by atoms with Crippen molar-refractivity contribution in [1.82, 2.24) is 0 Å². The highest BCUT2D eigenvalue weighted by atomic mass is 16.5. The lowest BCUT2D eigenvalue weighted by Gasteiger charge is -2.21. The van der Waals surface area contributed by atoms with Crippen molar-refractivity contribution in [3.05, 3.63) is 46.5 Å². The van der Waals surface area contributed by atoms with Gasteiger partial charge in [0.25, 0.3) is 0 Å². The maximum atomic E-state index is 13.0. The summed E-state index contributed by atoms with van der Waals surface area (Å²) in [5.74, 6) is -4.03. The molecule has 0 saturated heterocycles. The number of phenols is 2. The van der Waals surface area contributed by atoms with E-state index in [0.29, 0.717) is 0 Å². The number of fused-ring (bicyclic) bond motifs is 2. The number of ether oxygens (including phenoxy) is 2. The number of carboxylic acid groups (broad SMARTS) is 2. The van der Waals surface area contributed by atoms with Gasteiger partial charge >= 0.3 is 11.9 Å². The summed E-state index contributed by atoms with van der Waals surface area (Å²) in [4.78, 5) is 47.3. The second-order valence-corrected chi connectivity index (χ2v) is 7.08. The molecule has 0 bridgehead atoms. The highest BCUT2D eigenvalue weighted by Crippen LogP contribution is 2.39. The molecule has 0 amide bonds. The van der Waals surface area contributed by atoms with E-state index < -0.39 is 35.0 Å². The first kappa shape index (κ1) is 22.6. The number of hydrogen-bond donors (Lipinski definition) is 4. The van der Waals surface area contributed by atoms with Crippen LogP contribution < -0.4 is 9.47 Å². The Morgan fingerprint density at radius 2 is 1.00 bits per heavy atom. The number of aliphatic carboxylic acids is 2. The Bertz CT molecular complexity index is 1020. The Labute approximate surface area is 181 Å². The number of ketones is 2. The van der Waals surface area contributed by atoms with Crippen molar-refractivity contribution >= 4 is 23.5 Å². The minimum atomic E-state index is -0.996. The minimum Gasteiger partial charge on any atom is -0.504 e. The molecule has 32 heavy (non-hydrogen) atoms. The molecule has 4 N–H and O–H groups in total. The standard InChI is InChI=1S/C22H20O10/c23-15-7-11-12(8-16(15)24)22(30)14-10-18(32-6-2-4-20(27)28)17(9-13(14)21(11)29)31-5-1-3-19(25)26/h7-10,23-24H,1-6H2,(H,25,26)(H,27,28). The first-order valence-electron chi connectivity index (χ1n) is 9.71. The molecule has 0 aliphatic heterocycles. The maximum absolute atomic E-state index is 13.0. The van der Waals surface area contributed by atoms with Gasteiger partial charge in [-0.3, -0.25) is 19.2 Å². The molecule has 1 aliphatic carbocycles. The molecule has 0 radical (unpaired) electrons. The number of carboxylic acids is 2. The van der Waals surface area contributed by atoms with E-state index in [4.69, 9.17) is 19.7 Å². The predicted molar refractivity (Wildman–Crippen MR) is 108 cm³/mol. The summed E-state index contributed by atoms with van der Waals surface area (Å²) in [6.45, 7) is 0.00785. The number of carbonyl (C=O) groups is 4. The summed E-state index contributed by atoms with van der Waals surface area (Å²) in [7, 11) is 0. The number of phenolic OH excluding ortho intramolecular Hbond substituents is 2. The van der Waals surface area contributed by atoms with Gasteiger partial charge in [0.1, 0.15) is 0 Å². The van der Waals surface area contributed by atoms with Gasteiger partial charge in [0, 0.05) is 35.1 Å². The van der Waals surface area contributed by atoms with Gasteiger partial charge in [0.15, 0.2) is 34.6 Å². The molecule has 0 saturated carbocycles. The maximum Gasteiger partial charge on any atom is 0.303 e. The predicted octanol–water partition coefficient (Wildman–Crippen LogP) is 2.36. The van der Waals surface area contributed by atoms with Crippen molar-refractivity contribution in [2.24, 2.45) is 0 Å². The first-order chi connectivity index (χ1) is 15.2. The quantitative estimate of drug-likeness (QED) is 0.269. The number of benzene rings is 2. The summed E-state index contributed by atoms with van der Waals surface area (Å²) in [5.41, 5.74) is -0.160. The molecule has 0 fully saturated rings. The Morgan fingerprint density at radius 1 is 0.656 bits per heavy atom. The third kappa shape index (κ3) is 4.80. The van der Waals surface area contributed by atoms with Gasteiger partial charge in [-0.25, -0.2) is 0 Å². The lowest BCUT2D eigenvalue weighted by molar-refractivity contribution is -0.138. The third-order valence-electron chi connectivity index (χ3n) is 4.76. The molecule has 10 heteroatoms. The fraction of sp³-hybridized carbons (Fsp3) is 0.273. The number of aromatic hydroxyl groups is 2. The Balaban J connectivity index is 1.94. The van der Waals surface area contributed by atoms with Crippen LogP contribution in [0.15, 0.2) is 24.3 Å². The first-order valence-corrected chi connectivity index (χ1v) is 9.71. The summed E-state index contributed by atoms with van der Waals surface area (Å²) < 4.78 is 11.2. The van der Waals surface area contributed by atoms with E-state index in [9.17, 15) is 29.4 Å². The molecule has 10 nitrogen and oxygen atoms in total. The number of rotatable bonds is 10. The van der Waals surface area contributed by atoms with Gasteiger partial charge in [-0.2, -0.15) is 0 Å². The topological polar surface area (TPSA) is 168 Å². The monoisotopic (exact) mass is 444 g/mol. The van der Waals surface area contributed by atoms with Gasteiger partial charge in [0.05, 0.1) is 13.2 Å². The molecule has 0 heterocycles. The average Bonchev–Trinajstić information content (AvgIpc) is 2.73. The van der Waals surface area contributed by atoms with Gasteiger partial charge in [-0.1, -0.05) is 0 Å². The van der Waals surface area contributed by atoms with E-state index in [0.717, 1.165) is 12.1 Å². The number of hydrogen-bond acceptors (Lipinski definition) is 8. The van der Waals surface area contributed by atoms with E-state index >= 15 is 0 Å². The van der Waals surface area contributed by atoms with Gasteiger partial charge in [0.2, 0.25) is 0 Å². The van der Waals surface area contributed by atoms with Crippen LogP contribution in [0.2, 0.25) is 0 Å². The fourth-order valence-electron chi connectivity index (χ4n) is 3.22. The van der Waals surface area contributed by atoms with Crippen LogP contribution in [0.3, 0.4) is 0 Å². The second kappa shape index (κ2) is 9.38. The molecule has 2 aromatic rings. The van der Waals surface area contributed by atoms with Crippen LogP contribution in [-0.2, 0) is 9.59 Å². The highest BCUT2D eigenvalue weighted by Gasteiger charge is 2.33. The van der Waals surface area contributed by atoms with Crippen LogP contribution in [0.5, 0.6) is 23.0 Å². The van der Waals surface area contributed by atoms with E-state index in [1.165, 1.54) is 12.1 Å². The van der Waals surface area contributed by atoms with E-state index in [2.05, 4.69) is 0 Å². The fourth-order valence-corrected chi connectivity index (χ4v) is 3.22. The van der Waals surface area contributed by atoms with Crippen molar-refractivity contribution in [3.8, 4) is 23.0 Å². The van der Waals surface area contributed by atoms with Crippen LogP contribution in [0.1, 0.15) is 57.5 Å². The van der Waals surface area contributed by atoms with Crippen molar-refractivity contribution < 1.29 is 49.1 Å². The van der Waals surface area contributed by atoms with Crippen LogP contribution in [0, 0.1) is 0 Å². The summed E-state index contributed by atoms with van der Waals surface area (Å²) in [6.07, 6.45) is 0.113. The zero-order chi connectivity index (χ0) is 23.4. The number of carbonyl (C=O) groups excluding carboxylic acids is 2. The zero-order valence-corrected chi connectivity index (χ0v) is 16.8. The molecule has 3 rings (SSSR count).